The molecule has 46 heavy (non-hydrogen) atoms. The molecule has 16 heteroatoms. The van der Waals surface area contributed by atoms with Gasteiger partial charge in [-0.1, -0.05) is 12.6 Å². The van der Waals surface area contributed by atoms with Gasteiger partial charge in [0.05, 0.1) is 25.8 Å². The molecule has 0 saturated heterocycles. The van der Waals surface area contributed by atoms with E-state index in [-0.39, 0.29) is 28.4 Å². The lowest BCUT2D eigenvalue weighted by molar-refractivity contribution is -0.140. The first-order valence-electron chi connectivity index (χ1n) is 12.2. The third kappa shape index (κ3) is 13.8. The van der Waals surface area contributed by atoms with E-state index in [2.05, 4.69) is 36.7 Å². The lowest BCUT2D eigenvalue weighted by atomic mass is 10.1. The Morgan fingerprint density at radius 1 is 0.696 bits per heavy atom. The van der Waals surface area contributed by atoms with Gasteiger partial charge < -0.3 is 29.5 Å². The highest BCUT2D eigenvalue weighted by molar-refractivity contribution is 9.10. The zero-order valence-corrected chi connectivity index (χ0v) is 25.8. The van der Waals surface area contributed by atoms with E-state index in [1.54, 1.807) is 0 Å². The van der Waals surface area contributed by atoms with Gasteiger partial charge in [-0.25, -0.2) is 22.8 Å². The van der Waals surface area contributed by atoms with Crippen LogP contribution >= 0.6 is 15.9 Å². The summed E-state index contributed by atoms with van der Waals surface area (Å²) in [5.41, 5.74) is -0.105. The molecular formula is C30H27BrF6O9. The minimum absolute atomic E-state index is 0.00259. The van der Waals surface area contributed by atoms with Gasteiger partial charge in [0.2, 0.25) is 17.5 Å². The van der Waals surface area contributed by atoms with Crippen LogP contribution in [0.3, 0.4) is 0 Å². The molecule has 0 saturated carbocycles. The summed E-state index contributed by atoms with van der Waals surface area (Å²) in [6.45, 7) is 3.16. The quantitative estimate of drug-likeness (QED) is 0.0865. The molecule has 9 nitrogen and oxygen atoms in total. The van der Waals surface area contributed by atoms with E-state index >= 15 is 0 Å². The number of hydrogen-bond donors (Lipinski definition) is 3. The number of aryl methyl sites for hydroxylation is 1. The summed E-state index contributed by atoms with van der Waals surface area (Å²) in [6.07, 6.45) is 3.13. The molecule has 250 valence electrons. The van der Waals surface area contributed by atoms with Crippen LogP contribution in [0, 0.1) is 34.9 Å². The maximum absolute atomic E-state index is 13.1. The van der Waals surface area contributed by atoms with Crippen molar-refractivity contribution in [3.05, 3.63) is 106 Å². The predicted octanol–water partition coefficient (Wildman–Crippen LogP) is 6.41. The maximum atomic E-state index is 13.1. The largest absolute Gasteiger partial charge is 0.505 e. The standard InChI is InChI=1S/C10H10F2O3.C10H8F2O3.C6H3BrF2O.C4H6O2/c2*1-15-8(14)5-3-6-2-4-7(13)10(12)9(6)11;7-3-1-2-4(10)6(9)5(3)8;1-3-4(5)6-2/h2,4,13H,3,5H2,1H3;2-5,13H,1H3;1-2,10H;3H,1H2,2H3/b;5-3+;;. The molecule has 0 heterocycles. The van der Waals surface area contributed by atoms with Crippen molar-refractivity contribution >= 4 is 39.9 Å². The van der Waals surface area contributed by atoms with Gasteiger partial charge in [0.25, 0.3) is 0 Å². The number of aromatic hydroxyl groups is 3. The number of ether oxygens (including phenoxy) is 3. The highest BCUT2D eigenvalue weighted by atomic mass is 79.9. The number of phenolic OH excluding ortho intramolecular Hbond substituents is 3. The monoisotopic (exact) mass is 724 g/mol. The Hall–Kier alpha value is -4.99. The first kappa shape index (κ1) is 41.0. The predicted molar refractivity (Wildman–Crippen MR) is 155 cm³/mol. The molecule has 0 aliphatic rings. The van der Waals surface area contributed by atoms with Gasteiger partial charge in [-0.05, 0) is 64.3 Å². The van der Waals surface area contributed by atoms with Crippen LogP contribution < -0.4 is 0 Å². The van der Waals surface area contributed by atoms with Crippen LogP contribution in [-0.2, 0) is 35.0 Å². The van der Waals surface area contributed by atoms with Crippen LogP contribution in [0.25, 0.3) is 6.08 Å². The van der Waals surface area contributed by atoms with Gasteiger partial charge in [0.15, 0.2) is 34.7 Å². The number of hydrogen-bond acceptors (Lipinski definition) is 9. The molecule has 0 aromatic heterocycles. The van der Waals surface area contributed by atoms with Gasteiger partial charge in [-0.2, -0.15) is 13.2 Å². The van der Waals surface area contributed by atoms with E-state index in [1.807, 2.05) is 0 Å². The van der Waals surface area contributed by atoms with Crippen LogP contribution in [0.4, 0.5) is 26.3 Å². The fourth-order valence-corrected chi connectivity index (χ4v) is 2.93. The van der Waals surface area contributed by atoms with Crippen molar-refractivity contribution in [1.29, 1.82) is 0 Å². The number of esters is 3. The second-order valence-electron chi connectivity index (χ2n) is 8.03. The molecule has 3 N–H and O–H groups in total. The SMILES string of the molecule is C=CC(=O)OC.COC(=O)/C=C/c1ccc(O)c(F)c1F.COC(=O)CCc1ccc(O)c(F)c1F.Oc1ccc(Br)c(F)c1F. The van der Waals surface area contributed by atoms with Crippen LogP contribution in [-0.4, -0.2) is 54.6 Å². The lowest BCUT2D eigenvalue weighted by Gasteiger charge is -2.04. The van der Waals surface area contributed by atoms with Crippen LogP contribution in [0.5, 0.6) is 17.2 Å². The average Bonchev–Trinajstić information content (AvgIpc) is 3.06. The van der Waals surface area contributed by atoms with Crippen molar-refractivity contribution in [3.8, 4) is 17.2 Å². The number of methoxy groups -OCH3 is 3. The third-order valence-corrected chi connectivity index (χ3v) is 5.66. The first-order chi connectivity index (χ1) is 21.5. The third-order valence-electron chi connectivity index (χ3n) is 5.04. The van der Waals surface area contributed by atoms with Crippen LogP contribution in [0.15, 0.2) is 59.6 Å². The topological polar surface area (TPSA) is 140 Å². The number of carbonyl (C=O) groups is 3. The van der Waals surface area contributed by atoms with E-state index in [1.165, 1.54) is 33.5 Å². The Labute approximate surface area is 267 Å². The summed E-state index contributed by atoms with van der Waals surface area (Å²) in [6, 6.07) is 6.72. The van der Waals surface area contributed by atoms with Gasteiger partial charge in [-0.15, -0.1) is 0 Å². The molecule has 0 atom stereocenters. The summed E-state index contributed by atoms with van der Waals surface area (Å²) < 4.78 is 89.4. The maximum Gasteiger partial charge on any atom is 0.330 e. The second kappa shape index (κ2) is 20.9. The highest BCUT2D eigenvalue weighted by Crippen LogP contribution is 2.25. The van der Waals surface area contributed by atoms with Crippen LogP contribution in [0.2, 0.25) is 0 Å². The summed E-state index contributed by atoms with van der Waals surface area (Å²) in [5.74, 6) is -11.0. The first-order valence-corrected chi connectivity index (χ1v) is 13.0. The summed E-state index contributed by atoms with van der Waals surface area (Å²) in [4.78, 5) is 31.3. The molecule has 3 aromatic rings. The summed E-state index contributed by atoms with van der Waals surface area (Å²) in [7, 11) is 3.69. The molecule has 0 fully saturated rings. The fraction of sp³-hybridized carbons (Fsp3) is 0.167. The second-order valence-corrected chi connectivity index (χ2v) is 8.88. The number of benzene rings is 3. The Bertz CT molecular complexity index is 1520. The molecule has 3 aromatic carbocycles. The zero-order chi connectivity index (χ0) is 35.6. The summed E-state index contributed by atoms with van der Waals surface area (Å²) >= 11 is 2.75. The van der Waals surface area contributed by atoms with Gasteiger partial charge in [0.1, 0.15) is 0 Å². The van der Waals surface area contributed by atoms with Crippen molar-refractivity contribution < 1.29 is 70.3 Å². The average molecular weight is 725 g/mol. The normalized spacial score (nSPS) is 9.78. The molecule has 0 spiro atoms. The number of halogens is 7. The van der Waals surface area contributed by atoms with Crippen molar-refractivity contribution in [3.63, 3.8) is 0 Å². The molecule has 0 unspecified atom stereocenters. The molecule has 0 bridgehead atoms. The van der Waals surface area contributed by atoms with Crippen molar-refractivity contribution in [2.45, 2.75) is 12.8 Å². The Morgan fingerprint density at radius 2 is 1.17 bits per heavy atom. The molecule has 0 aliphatic heterocycles. The number of rotatable bonds is 6. The van der Waals surface area contributed by atoms with E-state index in [0.717, 1.165) is 42.5 Å². The zero-order valence-electron chi connectivity index (χ0n) is 24.3. The molecule has 0 amide bonds. The van der Waals surface area contributed by atoms with E-state index < -0.39 is 70.1 Å². The van der Waals surface area contributed by atoms with Crippen LogP contribution in [0.1, 0.15) is 17.5 Å². The van der Waals surface area contributed by atoms with Crippen molar-refractivity contribution in [1.82, 2.24) is 0 Å². The van der Waals surface area contributed by atoms with Gasteiger partial charge >= 0.3 is 17.9 Å². The summed E-state index contributed by atoms with van der Waals surface area (Å²) in [5, 5.41) is 26.2. The minimum Gasteiger partial charge on any atom is -0.505 e. The molecule has 0 aliphatic carbocycles. The Balaban J connectivity index is 0.000000617. The van der Waals surface area contributed by atoms with E-state index in [0.29, 0.717) is 0 Å². The number of phenols is 3. The highest BCUT2D eigenvalue weighted by Gasteiger charge is 2.14. The minimum atomic E-state index is -1.35. The Morgan fingerprint density at radius 3 is 1.63 bits per heavy atom. The fourth-order valence-electron chi connectivity index (χ4n) is 2.62. The van der Waals surface area contributed by atoms with Gasteiger partial charge in [0, 0.05) is 24.1 Å². The van der Waals surface area contributed by atoms with E-state index in [9.17, 15) is 40.7 Å². The van der Waals surface area contributed by atoms with Crippen molar-refractivity contribution in [2.75, 3.05) is 21.3 Å². The molecule has 0 radical (unpaired) electrons. The van der Waals surface area contributed by atoms with Gasteiger partial charge in [-0.3, -0.25) is 4.79 Å². The molecule has 3 rings (SSSR count). The smallest absolute Gasteiger partial charge is 0.330 e. The lowest BCUT2D eigenvalue weighted by Crippen LogP contribution is -2.03. The van der Waals surface area contributed by atoms with E-state index in [4.69, 9.17) is 15.3 Å². The van der Waals surface area contributed by atoms with Crippen molar-refractivity contribution in [2.24, 2.45) is 0 Å². The molecular weight excluding hydrogens is 698 g/mol. The Kier molecular flexibility index (Phi) is 18.6. The number of carbonyl (C=O) groups excluding carboxylic acids is 3.